The first-order valence-corrected chi connectivity index (χ1v) is 9.19. The molecule has 0 N–H and O–H groups in total. The van der Waals surface area contributed by atoms with Gasteiger partial charge in [0, 0.05) is 24.2 Å². The summed E-state index contributed by atoms with van der Waals surface area (Å²) in [6, 6.07) is 13.3. The lowest BCUT2D eigenvalue weighted by atomic mass is 10.1. The summed E-state index contributed by atoms with van der Waals surface area (Å²) in [5, 5.41) is 0.649. The molecule has 1 amide bonds. The molecule has 0 fully saturated rings. The Morgan fingerprint density at radius 3 is 2.13 bits per heavy atom. The standard InChI is InChI=1S/C17H18ClNO3S/c1-3-23(21,22)16-10-6-14(7-11-16)17(20)19(2)12-13-4-8-15(18)9-5-13/h4-11H,3,12H2,1-2H3. The summed E-state index contributed by atoms with van der Waals surface area (Å²) in [6.45, 7) is 2.04. The van der Waals surface area contributed by atoms with Crippen LogP contribution in [0, 0.1) is 0 Å². The van der Waals surface area contributed by atoms with Gasteiger partial charge in [-0.2, -0.15) is 0 Å². The zero-order chi connectivity index (χ0) is 17.0. The first-order chi connectivity index (χ1) is 10.8. The number of hydrogen-bond acceptors (Lipinski definition) is 3. The maximum atomic E-state index is 12.4. The number of halogens is 1. The molecule has 0 saturated carbocycles. The number of benzene rings is 2. The Morgan fingerprint density at radius 2 is 1.61 bits per heavy atom. The van der Waals surface area contributed by atoms with Crippen molar-refractivity contribution in [3.8, 4) is 0 Å². The Balaban J connectivity index is 2.12. The maximum Gasteiger partial charge on any atom is 0.253 e. The summed E-state index contributed by atoms with van der Waals surface area (Å²) in [4.78, 5) is 14.2. The molecule has 0 bridgehead atoms. The predicted octanol–water partition coefficient (Wildman–Crippen LogP) is 3.41. The van der Waals surface area contributed by atoms with Crippen molar-refractivity contribution in [3.05, 3.63) is 64.7 Å². The van der Waals surface area contributed by atoms with Crippen molar-refractivity contribution in [3.63, 3.8) is 0 Å². The van der Waals surface area contributed by atoms with Gasteiger partial charge in [-0.15, -0.1) is 0 Å². The van der Waals surface area contributed by atoms with Crippen LogP contribution in [-0.4, -0.2) is 32.0 Å². The topological polar surface area (TPSA) is 54.5 Å². The highest BCUT2D eigenvalue weighted by molar-refractivity contribution is 7.91. The van der Waals surface area contributed by atoms with E-state index in [-0.39, 0.29) is 16.6 Å². The van der Waals surface area contributed by atoms with E-state index in [1.54, 1.807) is 43.1 Å². The van der Waals surface area contributed by atoms with Crippen LogP contribution in [0.1, 0.15) is 22.8 Å². The number of rotatable bonds is 5. The third kappa shape index (κ3) is 4.33. The minimum atomic E-state index is -3.25. The highest BCUT2D eigenvalue weighted by Gasteiger charge is 2.15. The van der Waals surface area contributed by atoms with Crippen LogP contribution in [0.2, 0.25) is 5.02 Å². The number of sulfone groups is 1. The van der Waals surface area contributed by atoms with Crippen LogP contribution in [-0.2, 0) is 16.4 Å². The van der Waals surface area contributed by atoms with Crippen LogP contribution in [0.5, 0.6) is 0 Å². The van der Waals surface area contributed by atoms with Gasteiger partial charge in [-0.25, -0.2) is 8.42 Å². The van der Waals surface area contributed by atoms with E-state index in [0.29, 0.717) is 17.1 Å². The summed E-state index contributed by atoms with van der Waals surface area (Å²) < 4.78 is 23.6. The Morgan fingerprint density at radius 1 is 1.04 bits per heavy atom. The van der Waals surface area contributed by atoms with Gasteiger partial charge in [-0.05, 0) is 42.0 Å². The lowest BCUT2D eigenvalue weighted by Gasteiger charge is -2.17. The van der Waals surface area contributed by atoms with Gasteiger partial charge < -0.3 is 4.90 Å². The van der Waals surface area contributed by atoms with Crippen LogP contribution < -0.4 is 0 Å². The molecule has 0 aliphatic carbocycles. The lowest BCUT2D eigenvalue weighted by molar-refractivity contribution is 0.0785. The van der Waals surface area contributed by atoms with Crippen molar-refractivity contribution in [2.45, 2.75) is 18.4 Å². The Labute approximate surface area is 141 Å². The molecule has 122 valence electrons. The summed E-state index contributed by atoms with van der Waals surface area (Å²) in [5.74, 6) is -0.128. The molecule has 0 aliphatic rings. The first kappa shape index (κ1) is 17.5. The normalized spacial score (nSPS) is 11.3. The Bertz CT molecular complexity index is 784. The largest absolute Gasteiger partial charge is 0.337 e. The molecule has 0 heterocycles. The smallest absolute Gasteiger partial charge is 0.253 e. The molecule has 2 rings (SSSR count). The SMILES string of the molecule is CCS(=O)(=O)c1ccc(C(=O)N(C)Cc2ccc(Cl)cc2)cc1. The average molecular weight is 352 g/mol. The second kappa shape index (κ2) is 7.15. The molecular formula is C17H18ClNO3S. The molecule has 0 aromatic heterocycles. The number of amides is 1. The van der Waals surface area contributed by atoms with Gasteiger partial charge in [-0.3, -0.25) is 4.79 Å². The minimum Gasteiger partial charge on any atom is -0.337 e. The predicted molar refractivity (Wildman–Crippen MR) is 91.4 cm³/mol. The fourth-order valence-electron chi connectivity index (χ4n) is 2.13. The molecule has 0 aliphatic heterocycles. The van der Waals surface area contributed by atoms with Gasteiger partial charge in [0.2, 0.25) is 0 Å². The molecule has 2 aromatic carbocycles. The van der Waals surface area contributed by atoms with Crippen LogP contribution >= 0.6 is 11.6 Å². The zero-order valence-corrected chi connectivity index (χ0v) is 14.6. The van der Waals surface area contributed by atoms with Gasteiger partial charge in [0.1, 0.15) is 0 Å². The molecule has 0 saturated heterocycles. The molecule has 6 heteroatoms. The van der Waals surface area contributed by atoms with Crippen molar-refractivity contribution in [1.29, 1.82) is 0 Å². The van der Waals surface area contributed by atoms with E-state index in [4.69, 9.17) is 11.6 Å². The van der Waals surface area contributed by atoms with E-state index in [2.05, 4.69) is 0 Å². The zero-order valence-electron chi connectivity index (χ0n) is 13.0. The van der Waals surface area contributed by atoms with E-state index in [0.717, 1.165) is 5.56 Å². The second-order valence-electron chi connectivity index (χ2n) is 5.22. The van der Waals surface area contributed by atoms with E-state index in [9.17, 15) is 13.2 Å². The fraction of sp³-hybridized carbons (Fsp3) is 0.235. The quantitative estimate of drug-likeness (QED) is 0.829. The molecule has 4 nitrogen and oxygen atoms in total. The maximum absolute atomic E-state index is 12.4. The van der Waals surface area contributed by atoms with E-state index < -0.39 is 9.84 Å². The van der Waals surface area contributed by atoms with Gasteiger partial charge >= 0.3 is 0 Å². The van der Waals surface area contributed by atoms with E-state index in [1.165, 1.54) is 12.1 Å². The first-order valence-electron chi connectivity index (χ1n) is 7.16. The van der Waals surface area contributed by atoms with Crippen LogP contribution in [0.15, 0.2) is 53.4 Å². The van der Waals surface area contributed by atoms with Crippen LogP contribution in [0.3, 0.4) is 0 Å². The monoisotopic (exact) mass is 351 g/mol. The Kier molecular flexibility index (Phi) is 5.44. The second-order valence-corrected chi connectivity index (χ2v) is 7.93. The summed E-state index contributed by atoms with van der Waals surface area (Å²) in [7, 11) is -1.55. The number of nitrogens with zero attached hydrogens (tertiary/aromatic N) is 1. The molecule has 0 atom stereocenters. The molecule has 23 heavy (non-hydrogen) atoms. The third-order valence-corrected chi connectivity index (χ3v) is 5.52. The summed E-state index contributed by atoms with van der Waals surface area (Å²) >= 11 is 5.84. The van der Waals surface area contributed by atoms with Crippen LogP contribution in [0.4, 0.5) is 0 Å². The van der Waals surface area contributed by atoms with Crippen molar-refractivity contribution in [2.24, 2.45) is 0 Å². The van der Waals surface area contributed by atoms with E-state index in [1.807, 2.05) is 12.1 Å². The van der Waals surface area contributed by atoms with Gasteiger partial charge in [0.15, 0.2) is 9.84 Å². The third-order valence-electron chi connectivity index (χ3n) is 3.52. The van der Waals surface area contributed by atoms with Crippen molar-refractivity contribution in [2.75, 3.05) is 12.8 Å². The number of carbonyl (C=O) groups is 1. The van der Waals surface area contributed by atoms with E-state index >= 15 is 0 Å². The summed E-state index contributed by atoms with van der Waals surface area (Å²) in [5.41, 5.74) is 1.42. The van der Waals surface area contributed by atoms with Crippen molar-refractivity contribution < 1.29 is 13.2 Å². The lowest BCUT2D eigenvalue weighted by Crippen LogP contribution is -2.26. The number of hydrogen-bond donors (Lipinski definition) is 0. The van der Waals surface area contributed by atoms with Gasteiger partial charge in [0.25, 0.3) is 5.91 Å². The van der Waals surface area contributed by atoms with Crippen molar-refractivity contribution >= 4 is 27.3 Å². The van der Waals surface area contributed by atoms with Gasteiger partial charge in [0.05, 0.1) is 10.6 Å². The minimum absolute atomic E-state index is 0.0385. The average Bonchev–Trinajstić information content (AvgIpc) is 2.56. The fourth-order valence-corrected chi connectivity index (χ4v) is 3.14. The molecule has 0 unspecified atom stereocenters. The highest BCUT2D eigenvalue weighted by Crippen LogP contribution is 2.15. The Hall–Kier alpha value is -1.85. The van der Waals surface area contributed by atoms with Crippen LogP contribution in [0.25, 0.3) is 0 Å². The molecule has 0 radical (unpaired) electrons. The van der Waals surface area contributed by atoms with Gasteiger partial charge in [-0.1, -0.05) is 30.7 Å². The molecular weight excluding hydrogens is 334 g/mol. The summed E-state index contributed by atoms with van der Waals surface area (Å²) in [6.07, 6.45) is 0. The number of carbonyl (C=O) groups excluding carboxylic acids is 1. The molecule has 0 spiro atoms. The molecule has 2 aromatic rings. The van der Waals surface area contributed by atoms with Crippen molar-refractivity contribution in [1.82, 2.24) is 4.90 Å². The highest BCUT2D eigenvalue weighted by atomic mass is 35.5.